The molecule has 0 saturated heterocycles. The molecule has 1 saturated carbocycles. The van der Waals surface area contributed by atoms with Crippen LogP contribution in [0.4, 0.5) is 5.82 Å². The molecule has 4 heteroatoms. The molecule has 0 aliphatic heterocycles. The van der Waals surface area contributed by atoms with Gasteiger partial charge in [-0.05, 0) is 37.8 Å². The van der Waals surface area contributed by atoms with Gasteiger partial charge in [0.15, 0.2) is 0 Å². The van der Waals surface area contributed by atoms with Gasteiger partial charge in [0.25, 0.3) is 0 Å². The number of nitriles is 1. The van der Waals surface area contributed by atoms with Crippen molar-refractivity contribution in [1.29, 1.82) is 5.26 Å². The molecule has 1 aromatic rings. The van der Waals surface area contributed by atoms with Crippen LogP contribution in [0.25, 0.3) is 0 Å². The number of pyridine rings is 1. The van der Waals surface area contributed by atoms with Gasteiger partial charge in [-0.3, -0.25) is 0 Å². The Morgan fingerprint density at radius 1 is 1.50 bits per heavy atom. The van der Waals surface area contributed by atoms with E-state index in [0.717, 1.165) is 12.8 Å². The van der Waals surface area contributed by atoms with Crippen molar-refractivity contribution in [2.45, 2.75) is 38.2 Å². The molecule has 18 heavy (non-hydrogen) atoms. The van der Waals surface area contributed by atoms with Crippen LogP contribution >= 0.6 is 0 Å². The molecule has 0 bridgehead atoms. The maximum Gasteiger partial charge on any atom is 0.126 e. The fourth-order valence-electron chi connectivity index (χ4n) is 2.53. The molecule has 1 atom stereocenters. The summed E-state index contributed by atoms with van der Waals surface area (Å²) in [5, 5.41) is 22.3. The lowest BCUT2D eigenvalue weighted by Crippen LogP contribution is -2.40. The van der Waals surface area contributed by atoms with Crippen molar-refractivity contribution in [3.8, 4) is 6.07 Å². The van der Waals surface area contributed by atoms with E-state index in [1.54, 1.807) is 12.1 Å². The van der Waals surface area contributed by atoms with Gasteiger partial charge in [-0.1, -0.05) is 12.8 Å². The highest BCUT2D eigenvalue weighted by atomic mass is 16.3. The monoisotopic (exact) mass is 245 g/mol. The van der Waals surface area contributed by atoms with Crippen LogP contribution in [0, 0.1) is 17.2 Å². The Morgan fingerprint density at radius 3 is 2.78 bits per heavy atom. The van der Waals surface area contributed by atoms with Gasteiger partial charge in [0.1, 0.15) is 11.9 Å². The van der Waals surface area contributed by atoms with Gasteiger partial charge >= 0.3 is 0 Å². The quantitative estimate of drug-likeness (QED) is 0.854. The first-order valence-electron chi connectivity index (χ1n) is 6.44. The van der Waals surface area contributed by atoms with E-state index in [1.165, 1.54) is 19.0 Å². The normalized spacial score (nSPS) is 19.2. The van der Waals surface area contributed by atoms with Crippen molar-refractivity contribution in [2.75, 3.05) is 11.9 Å². The zero-order valence-corrected chi connectivity index (χ0v) is 10.7. The highest BCUT2D eigenvalue weighted by Gasteiger charge is 2.33. The first-order valence-corrected chi connectivity index (χ1v) is 6.44. The molecule has 96 valence electrons. The Labute approximate surface area is 108 Å². The van der Waals surface area contributed by atoms with Crippen molar-refractivity contribution < 1.29 is 5.11 Å². The van der Waals surface area contributed by atoms with E-state index in [0.29, 0.717) is 23.8 Å². The molecule has 0 spiro atoms. The predicted molar refractivity (Wildman–Crippen MR) is 70.0 cm³/mol. The maximum absolute atomic E-state index is 10.4. The number of hydrogen-bond acceptors (Lipinski definition) is 4. The molecule has 4 nitrogen and oxygen atoms in total. The summed E-state index contributed by atoms with van der Waals surface area (Å²) in [5.74, 6) is 1.08. The molecule has 1 heterocycles. The minimum Gasteiger partial charge on any atom is -0.388 e. The van der Waals surface area contributed by atoms with Gasteiger partial charge < -0.3 is 10.4 Å². The SMILES string of the molecule is C[C@](O)(CNc1ccc(C#N)cn1)C1CCCC1. The molecule has 1 fully saturated rings. The molecule has 0 unspecified atom stereocenters. The molecule has 2 N–H and O–H groups in total. The van der Waals surface area contributed by atoms with Crippen LogP contribution in [-0.2, 0) is 0 Å². The largest absolute Gasteiger partial charge is 0.388 e. The van der Waals surface area contributed by atoms with Crippen molar-refractivity contribution >= 4 is 5.82 Å². The Kier molecular flexibility index (Phi) is 3.83. The van der Waals surface area contributed by atoms with E-state index in [2.05, 4.69) is 10.3 Å². The van der Waals surface area contributed by atoms with Crippen LogP contribution in [0.2, 0.25) is 0 Å². The summed E-state index contributed by atoms with van der Waals surface area (Å²) < 4.78 is 0. The molecule has 0 aromatic carbocycles. The molecular formula is C14H19N3O. The number of nitrogens with zero attached hydrogens (tertiary/aromatic N) is 2. The standard InChI is InChI=1S/C14H19N3O/c1-14(18,12-4-2-3-5-12)10-17-13-7-6-11(8-15)9-16-13/h6-7,9,12,18H,2-5,10H2,1H3,(H,16,17)/t14-/m0/s1. The van der Waals surface area contributed by atoms with E-state index in [-0.39, 0.29) is 0 Å². The fourth-order valence-corrected chi connectivity index (χ4v) is 2.53. The van der Waals surface area contributed by atoms with Crippen LogP contribution in [0.5, 0.6) is 0 Å². The van der Waals surface area contributed by atoms with Crippen LogP contribution in [-0.4, -0.2) is 22.2 Å². The molecule has 0 radical (unpaired) electrons. The summed E-state index contributed by atoms with van der Waals surface area (Å²) in [6.45, 7) is 2.39. The average molecular weight is 245 g/mol. The average Bonchev–Trinajstić information content (AvgIpc) is 2.92. The Morgan fingerprint density at radius 2 is 2.22 bits per heavy atom. The lowest BCUT2D eigenvalue weighted by atomic mass is 9.88. The lowest BCUT2D eigenvalue weighted by molar-refractivity contribution is 0.0142. The highest BCUT2D eigenvalue weighted by molar-refractivity contribution is 5.39. The van der Waals surface area contributed by atoms with E-state index < -0.39 is 5.60 Å². The first-order chi connectivity index (χ1) is 8.62. The molecule has 1 aliphatic carbocycles. The van der Waals surface area contributed by atoms with E-state index in [9.17, 15) is 5.11 Å². The zero-order chi connectivity index (χ0) is 13.0. The van der Waals surface area contributed by atoms with Crippen molar-refractivity contribution in [1.82, 2.24) is 4.98 Å². The van der Waals surface area contributed by atoms with Gasteiger partial charge in [0, 0.05) is 12.7 Å². The van der Waals surface area contributed by atoms with E-state index in [4.69, 9.17) is 5.26 Å². The first kappa shape index (κ1) is 12.8. The van der Waals surface area contributed by atoms with Gasteiger partial charge in [-0.15, -0.1) is 0 Å². The smallest absolute Gasteiger partial charge is 0.126 e. The number of nitrogens with one attached hydrogen (secondary N) is 1. The molecule has 2 rings (SSSR count). The van der Waals surface area contributed by atoms with Gasteiger partial charge in [-0.2, -0.15) is 5.26 Å². The summed E-state index contributed by atoms with van der Waals surface area (Å²) in [4.78, 5) is 4.13. The predicted octanol–water partition coefficient (Wildman–Crippen LogP) is 2.31. The van der Waals surface area contributed by atoms with Crippen molar-refractivity contribution in [2.24, 2.45) is 5.92 Å². The van der Waals surface area contributed by atoms with Crippen LogP contribution < -0.4 is 5.32 Å². The van der Waals surface area contributed by atoms with Gasteiger partial charge in [0.05, 0.1) is 11.2 Å². The number of anilines is 1. The van der Waals surface area contributed by atoms with Crippen LogP contribution in [0.1, 0.15) is 38.2 Å². The number of hydrogen-bond donors (Lipinski definition) is 2. The summed E-state index contributed by atoms with van der Waals surface area (Å²) in [6.07, 6.45) is 6.18. The van der Waals surface area contributed by atoms with Crippen LogP contribution in [0.3, 0.4) is 0 Å². The Hall–Kier alpha value is -1.60. The number of aliphatic hydroxyl groups is 1. The third-order valence-corrected chi connectivity index (χ3v) is 3.75. The zero-order valence-electron chi connectivity index (χ0n) is 10.7. The topological polar surface area (TPSA) is 68.9 Å². The van der Waals surface area contributed by atoms with Crippen molar-refractivity contribution in [3.63, 3.8) is 0 Å². The van der Waals surface area contributed by atoms with E-state index >= 15 is 0 Å². The summed E-state index contributed by atoms with van der Waals surface area (Å²) in [7, 11) is 0. The third-order valence-electron chi connectivity index (χ3n) is 3.75. The maximum atomic E-state index is 10.4. The minimum absolute atomic E-state index is 0.378. The number of rotatable bonds is 4. The minimum atomic E-state index is -0.688. The molecule has 1 aliphatic rings. The van der Waals surface area contributed by atoms with E-state index in [1.807, 2.05) is 13.0 Å². The second kappa shape index (κ2) is 5.36. The summed E-state index contributed by atoms with van der Waals surface area (Å²) in [6, 6.07) is 5.52. The molecule has 1 aromatic heterocycles. The third kappa shape index (κ3) is 2.99. The second-order valence-corrected chi connectivity index (χ2v) is 5.24. The second-order valence-electron chi connectivity index (χ2n) is 5.24. The Balaban J connectivity index is 1.91. The fraction of sp³-hybridized carbons (Fsp3) is 0.571. The van der Waals surface area contributed by atoms with Crippen molar-refractivity contribution in [3.05, 3.63) is 23.9 Å². The summed E-state index contributed by atoms with van der Waals surface area (Å²) >= 11 is 0. The molecule has 0 amide bonds. The lowest BCUT2D eigenvalue weighted by Gasteiger charge is -2.30. The van der Waals surface area contributed by atoms with Gasteiger partial charge in [0.2, 0.25) is 0 Å². The number of aromatic nitrogens is 1. The summed E-state index contributed by atoms with van der Waals surface area (Å²) in [5.41, 5.74) is -0.144. The van der Waals surface area contributed by atoms with Crippen LogP contribution in [0.15, 0.2) is 18.3 Å². The Bertz CT molecular complexity index is 427. The highest BCUT2D eigenvalue weighted by Crippen LogP contribution is 2.33. The molecular weight excluding hydrogens is 226 g/mol. The van der Waals surface area contributed by atoms with Gasteiger partial charge in [-0.25, -0.2) is 4.98 Å².